The van der Waals surface area contributed by atoms with Crippen molar-refractivity contribution in [3.8, 4) is 0 Å². The highest BCUT2D eigenvalue weighted by atomic mass is 16.2. The Morgan fingerprint density at radius 3 is 2.85 bits per heavy atom. The molecule has 1 rings (SSSR count). The monoisotopic (exact) mass is 182 g/mol. The maximum atomic E-state index is 11.3. The number of hydrogen-bond acceptors (Lipinski definition) is 2. The molecule has 0 aromatic carbocycles. The largest absolute Gasteiger partial charge is 0.339 e. The number of likely N-dealkylation sites (N-methyl/N-ethyl adjacent to an activating group) is 1. The number of nitrogens with two attached hydrogens (primary N) is 1. The van der Waals surface area contributed by atoms with Crippen LogP contribution in [0.15, 0.2) is 12.7 Å². The Bertz CT molecular complexity index is 203. The van der Waals surface area contributed by atoms with Gasteiger partial charge in [0.2, 0.25) is 5.91 Å². The maximum absolute atomic E-state index is 11.3. The Hall–Kier alpha value is -0.830. The van der Waals surface area contributed by atoms with Crippen LogP contribution in [-0.2, 0) is 4.79 Å². The Kier molecular flexibility index (Phi) is 3.48. The van der Waals surface area contributed by atoms with E-state index in [2.05, 4.69) is 6.58 Å². The molecule has 1 aliphatic carbocycles. The molecule has 0 aliphatic heterocycles. The lowest BCUT2D eigenvalue weighted by Gasteiger charge is -2.33. The fourth-order valence-electron chi connectivity index (χ4n) is 1.88. The Balaban J connectivity index is 2.50. The molecule has 0 spiro atoms. The van der Waals surface area contributed by atoms with E-state index in [1.807, 2.05) is 7.05 Å². The molecule has 2 atom stereocenters. The molecule has 13 heavy (non-hydrogen) atoms. The molecule has 3 nitrogen and oxygen atoms in total. The highest BCUT2D eigenvalue weighted by molar-refractivity contribution is 5.87. The molecular weight excluding hydrogens is 164 g/mol. The molecule has 1 amide bonds. The Labute approximate surface area is 79.6 Å². The number of rotatable bonds is 2. The summed E-state index contributed by atoms with van der Waals surface area (Å²) < 4.78 is 0. The minimum atomic E-state index is -0.000833. The third-order valence-electron chi connectivity index (χ3n) is 2.76. The van der Waals surface area contributed by atoms with Crippen LogP contribution < -0.4 is 5.73 Å². The van der Waals surface area contributed by atoms with Crippen molar-refractivity contribution in [3.63, 3.8) is 0 Å². The lowest BCUT2D eigenvalue weighted by Crippen LogP contribution is -2.42. The number of amides is 1. The van der Waals surface area contributed by atoms with Crippen molar-refractivity contribution < 1.29 is 4.79 Å². The molecule has 2 N–H and O–H groups in total. The van der Waals surface area contributed by atoms with E-state index in [4.69, 9.17) is 5.73 Å². The fourth-order valence-corrected chi connectivity index (χ4v) is 1.88. The zero-order valence-corrected chi connectivity index (χ0v) is 8.20. The van der Waals surface area contributed by atoms with Crippen LogP contribution >= 0.6 is 0 Å². The summed E-state index contributed by atoms with van der Waals surface area (Å²) in [5.74, 6) is -0.000833. The molecule has 0 aromatic heterocycles. The van der Waals surface area contributed by atoms with E-state index in [-0.39, 0.29) is 11.9 Å². The lowest BCUT2D eigenvalue weighted by atomic mass is 9.91. The van der Waals surface area contributed by atoms with Gasteiger partial charge in [0, 0.05) is 19.1 Å². The standard InChI is InChI=1S/C10H18N2O/c1-3-10(13)12(2)9-6-4-5-8(11)7-9/h3,8-9H,1,4-7,11H2,2H3. The van der Waals surface area contributed by atoms with Gasteiger partial charge in [0.25, 0.3) is 0 Å². The van der Waals surface area contributed by atoms with Gasteiger partial charge in [-0.3, -0.25) is 4.79 Å². The highest BCUT2D eigenvalue weighted by Gasteiger charge is 2.24. The number of hydrogen-bond donors (Lipinski definition) is 1. The molecule has 1 fully saturated rings. The van der Waals surface area contributed by atoms with Crippen LogP contribution in [0, 0.1) is 0 Å². The normalized spacial score (nSPS) is 28.2. The average Bonchev–Trinajstić information content (AvgIpc) is 2.15. The van der Waals surface area contributed by atoms with E-state index < -0.39 is 0 Å². The van der Waals surface area contributed by atoms with Gasteiger partial charge in [0.05, 0.1) is 0 Å². The minimum absolute atomic E-state index is 0.000833. The summed E-state index contributed by atoms with van der Waals surface area (Å²) in [5, 5.41) is 0. The molecule has 0 aromatic rings. The molecule has 1 aliphatic rings. The molecule has 0 heterocycles. The lowest BCUT2D eigenvalue weighted by molar-refractivity contribution is -0.127. The molecule has 0 radical (unpaired) electrons. The van der Waals surface area contributed by atoms with Gasteiger partial charge in [-0.15, -0.1) is 0 Å². The topological polar surface area (TPSA) is 46.3 Å². The molecule has 2 unspecified atom stereocenters. The second kappa shape index (κ2) is 4.42. The quantitative estimate of drug-likeness (QED) is 0.645. The van der Waals surface area contributed by atoms with Crippen LogP contribution in [0.4, 0.5) is 0 Å². The Morgan fingerprint density at radius 2 is 2.31 bits per heavy atom. The summed E-state index contributed by atoms with van der Waals surface area (Å²) in [6.07, 6.45) is 5.58. The van der Waals surface area contributed by atoms with Crippen molar-refractivity contribution in [3.05, 3.63) is 12.7 Å². The number of carbonyl (C=O) groups is 1. The van der Waals surface area contributed by atoms with Crippen molar-refractivity contribution >= 4 is 5.91 Å². The summed E-state index contributed by atoms with van der Waals surface area (Å²) >= 11 is 0. The van der Waals surface area contributed by atoms with E-state index >= 15 is 0 Å². The van der Waals surface area contributed by atoms with Gasteiger partial charge in [-0.05, 0) is 31.8 Å². The van der Waals surface area contributed by atoms with E-state index in [1.54, 1.807) is 4.90 Å². The minimum Gasteiger partial charge on any atom is -0.339 e. The summed E-state index contributed by atoms with van der Waals surface area (Å²) in [5.41, 5.74) is 5.84. The predicted molar refractivity (Wildman–Crippen MR) is 53.2 cm³/mol. The van der Waals surface area contributed by atoms with E-state index in [1.165, 1.54) is 6.08 Å². The van der Waals surface area contributed by atoms with Gasteiger partial charge in [-0.1, -0.05) is 6.58 Å². The first-order valence-electron chi connectivity index (χ1n) is 4.80. The molecule has 74 valence electrons. The average molecular weight is 182 g/mol. The van der Waals surface area contributed by atoms with Crippen LogP contribution in [-0.4, -0.2) is 29.9 Å². The van der Waals surface area contributed by atoms with Crippen LogP contribution in [0.2, 0.25) is 0 Å². The van der Waals surface area contributed by atoms with Crippen molar-refractivity contribution in [1.82, 2.24) is 4.90 Å². The molecule has 1 saturated carbocycles. The zero-order chi connectivity index (χ0) is 9.84. The van der Waals surface area contributed by atoms with Gasteiger partial charge in [-0.25, -0.2) is 0 Å². The Morgan fingerprint density at radius 1 is 1.62 bits per heavy atom. The van der Waals surface area contributed by atoms with E-state index in [0.29, 0.717) is 6.04 Å². The summed E-state index contributed by atoms with van der Waals surface area (Å²) in [6.45, 7) is 3.47. The summed E-state index contributed by atoms with van der Waals surface area (Å²) in [7, 11) is 1.83. The second-order valence-corrected chi connectivity index (χ2v) is 3.73. The zero-order valence-electron chi connectivity index (χ0n) is 8.20. The predicted octanol–water partition coefficient (Wildman–Crippen LogP) is 0.901. The molecular formula is C10H18N2O. The van der Waals surface area contributed by atoms with Crippen molar-refractivity contribution in [2.24, 2.45) is 5.73 Å². The third kappa shape index (κ3) is 2.56. The summed E-state index contributed by atoms with van der Waals surface area (Å²) in [4.78, 5) is 13.0. The third-order valence-corrected chi connectivity index (χ3v) is 2.76. The number of carbonyl (C=O) groups excluding carboxylic acids is 1. The van der Waals surface area contributed by atoms with Crippen LogP contribution in [0.5, 0.6) is 0 Å². The first-order valence-corrected chi connectivity index (χ1v) is 4.80. The molecule has 0 bridgehead atoms. The van der Waals surface area contributed by atoms with E-state index in [0.717, 1.165) is 25.7 Å². The molecule has 0 saturated heterocycles. The smallest absolute Gasteiger partial charge is 0.245 e. The van der Waals surface area contributed by atoms with Gasteiger partial charge >= 0.3 is 0 Å². The SMILES string of the molecule is C=CC(=O)N(C)C1CCCC(N)C1. The van der Waals surface area contributed by atoms with E-state index in [9.17, 15) is 4.79 Å². The van der Waals surface area contributed by atoms with Gasteiger partial charge in [0.1, 0.15) is 0 Å². The van der Waals surface area contributed by atoms with Crippen molar-refractivity contribution in [2.45, 2.75) is 37.8 Å². The maximum Gasteiger partial charge on any atom is 0.245 e. The highest BCUT2D eigenvalue weighted by Crippen LogP contribution is 2.21. The first kappa shape index (κ1) is 10.3. The molecule has 3 heteroatoms. The van der Waals surface area contributed by atoms with Gasteiger partial charge in [-0.2, -0.15) is 0 Å². The van der Waals surface area contributed by atoms with Crippen LogP contribution in [0.3, 0.4) is 0 Å². The van der Waals surface area contributed by atoms with Crippen LogP contribution in [0.25, 0.3) is 0 Å². The first-order chi connectivity index (χ1) is 6.15. The second-order valence-electron chi connectivity index (χ2n) is 3.73. The number of nitrogens with zero attached hydrogens (tertiary/aromatic N) is 1. The summed E-state index contributed by atoms with van der Waals surface area (Å²) in [6, 6.07) is 0.577. The van der Waals surface area contributed by atoms with Crippen molar-refractivity contribution in [1.29, 1.82) is 0 Å². The van der Waals surface area contributed by atoms with Gasteiger partial charge < -0.3 is 10.6 Å². The van der Waals surface area contributed by atoms with Gasteiger partial charge in [0.15, 0.2) is 0 Å². The van der Waals surface area contributed by atoms with Crippen molar-refractivity contribution in [2.75, 3.05) is 7.05 Å². The van der Waals surface area contributed by atoms with Crippen LogP contribution in [0.1, 0.15) is 25.7 Å². The fraction of sp³-hybridized carbons (Fsp3) is 0.700.